The molecule has 0 radical (unpaired) electrons. The average Bonchev–Trinajstić information content (AvgIpc) is 3.48. The van der Waals surface area contributed by atoms with E-state index >= 15 is 0 Å². The molecule has 5 heteroatoms. The monoisotopic (exact) mass is 1270 g/mol. The van der Waals surface area contributed by atoms with Gasteiger partial charge in [-0.2, -0.15) is 0 Å². The van der Waals surface area contributed by atoms with Crippen LogP contribution in [-0.4, -0.2) is 88.6 Å². The van der Waals surface area contributed by atoms with Gasteiger partial charge in [-0.25, -0.2) is 0 Å². The van der Waals surface area contributed by atoms with E-state index in [1.165, 1.54) is 321 Å². The van der Waals surface area contributed by atoms with Gasteiger partial charge in [-0.1, -0.05) is 304 Å². The molecule has 0 saturated carbocycles. The lowest BCUT2D eigenvalue weighted by Gasteiger charge is -2.25. The zero-order chi connectivity index (χ0) is 66.2. The van der Waals surface area contributed by atoms with E-state index in [9.17, 15) is 4.79 Å². The van der Waals surface area contributed by atoms with Crippen LogP contribution in [-0.2, 0) is 4.79 Å². The molecule has 91 heavy (non-hydrogen) atoms. The van der Waals surface area contributed by atoms with Gasteiger partial charge in [0.2, 0.25) is 5.91 Å². The summed E-state index contributed by atoms with van der Waals surface area (Å²) in [6.45, 7) is 14.5. The van der Waals surface area contributed by atoms with Crippen molar-refractivity contribution in [2.75, 3.05) is 68.0 Å². The molecule has 0 aromatic carbocycles. The molecule has 530 valence electrons. The standard InChI is InChI=1S/C86H160N4O/c1-10-14-18-22-25-27-29-31-33-35-37-39-41-46-53-60-68-82(80-87-86(91)76-77-88(5)6)69-61-54-49-45-51-59-67-75-85(73-65-57-24-20-16-12-3)84(72-64-52-21-17-13-4)74-66-58-50-44-43-48-56-63-71-83(81-90(9)79-78-89(7)8)70-62-55-47-42-40-38-36-34-32-30-28-26-23-19-15-11-2/h25-28,31-34,57,64-66,72,74-75,82-84H,10-24,29-30,35-56,58-63,67-71,73,76-81H2,1-9H3,(H,87,91). The average molecular weight is 1270 g/mol. The number of allylic oxidation sites excluding steroid dienone is 16. The van der Waals surface area contributed by atoms with E-state index in [2.05, 4.69) is 174 Å². The molecule has 0 bridgehead atoms. The maximum atomic E-state index is 12.7. The molecule has 3 unspecified atom stereocenters. The van der Waals surface area contributed by atoms with Gasteiger partial charge in [-0.05, 0) is 195 Å². The number of rotatable bonds is 71. The van der Waals surface area contributed by atoms with Crippen molar-refractivity contribution >= 4 is 5.91 Å². The van der Waals surface area contributed by atoms with Gasteiger partial charge in [0.05, 0.1) is 0 Å². The van der Waals surface area contributed by atoms with Gasteiger partial charge in [-0.3, -0.25) is 4.79 Å². The largest absolute Gasteiger partial charge is 0.356 e. The predicted molar refractivity (Wildman–Crippen MR) is 413 cm³/mol. The Morgan fingerprint density at radius 3 is 1.05 bits per heavy atom. The minimum Gasteiger partial charge on any atom is -0.356 e. The number of carbonyl (C=O) groups is 1. The Labute approximate surface area is 571 Å². The molecule has 0 heterocycles. The first-order valence-corrected chi connectivity index (χ1v) is 40.2. The first kappa shape index (κ1) is 88.3. The summed E-state index contributed by atoms with van der Waals surface area (Å²) in [6.07, 6.45) is 104. The summed E-state index contributed by atoms with van der Waals surface area (Å²) in [4.78, 5) is 19.8. The molecule has 5 nitrogen and oxygen atoms in total. The van der Waals surface area contributed by atoms with Gasteiger partial charge in [-0.15, -0.1) is 0 Å². The Morgan fingerprint density at radius 2 is 0.670 bits per heavy atom. The maximum Gasteiger partial charge on any atom is 0.221 e. The second-order valence-electron chi connectivity index (χ2n) is 28.6. The van der Waals surface area contributed by atoms with Crippen LogP contribution in [0.1, 0.15) is 362 Å². The lowest BCUT2D eigenvalue weighted by molar-refractivity contribution is -0.121. The van der Waals surface area contributed by atoms with E-state index in [0.29, 0.717) is 18.3 Å². The zero-order valence-electron chi connectivity index (χ0n) is 62.9. The quantitative estimate of drug-likeness (QED) is 0.0487. The van der Waals surface area contributed by atoms with Gasteiger partial charge < -0.3 is 20.0 Å². The fraction of sp³-hybridized carbons (Fsp3) is 0.802. The number of nitrogens with one attached hydrogen (secondary N) is 1. The summed E-state index contributed by atoms with van der Waals surface area (Å²) in [5.74, 6) is 2.08. The maximum absolute atomic E-state index is 12.7. The third kappa shape index (κ3) is 68.5. The molecule has 1 amide bonds. The molecule has 0 fully saturated rings. The first-order chi connectivity index (χ1) is 44.7. The summed E-state index contributed by atoms with van der Waals surface area (Å²) >= 11 is 0. The highest BCUT2D eigenvalue weighted by atomic mass is 16.1. The lowest BCUT2D eigenvalue weighted by atomic mass is 9.92. The second-order valence-corrected chi connectivity index (χ2v) is 28.6. The van der Waals surface area contributed by atoms with Crippen LogP contribution in [0.5, 0.6) is 0 Å². The van der Waals surface area contributed by atoms with Gasteiger partial charge in [0.1, 0.15) is 0 Å². The number of likely N-dealkylation sites (N-methyl/N-ethyl adjacent to an activating group) is 2. The number of hydrogen-bond acceptors (Lipinski definition) is 4. The molecule has 0 rings (SSSR count). The first-order valence-electron chi connectivity index (χ1n) is 40.2. The number of nitrogens with zero attached hydrogens (tertiary/aromatic N) is 3. The normalized spacial score (nSPS) is 13.8. The molecular weight excluding hydrogens is 1100 g/mol. The van der Waals surface area contributed by atoms with Crippen LogP contribution < -0.4 is 5.32 Å². The van der Waals surface area contributed by atoms with E-state index in [-0.39, 0.29) is 5.91 Å². The summed E-state index contributed by atoms with van der Waals surface area (Å²) in [6, 6.07) is 0. The number of amides is 1. The Bertz CT molecular complexity index is 1730. The Morgan fingerprint density at radius 1 is 0.341 bits per heavy atom. The highest BCUT2D eigenvalue weighted by molar-refractivity contribution is 5.76. The van der Waals surface area contributed by atoms with E-state index in [0.717, 1.165) is 44.8 Å². The van der Waals surface area contributed by atoms with Crippen molar-refractivity contribution in [2.45, 2.75) is 362 Å². The van der Waals surface area contributed by atoms with Crippen molar-refractivity contribution < 1.29 is 4.79 Å². The van der Waals surface area contributed by atoms with Gasteiger partial charge in [0, 0.05) is 45.1 Å². The van der Waals surface area contributed by atoms with E-state index in [1.54, 1.807) is 5.57 Å². The molecule has 0 aromatic rings. The summed E-state index contributed by atoms with van der Waals surface area (Å²) < 4.78 is 0. The van der Waals surface area contributed by atoms with E-state index in [1.807, 2.05) is 0 Å². The molecule has 0 aromatic heterocycles. The summed E-state index contributed by atoms with van der Waals surface area (Å²) in [7, 11) is 10.9. The van der Waals surface area contributed by atoms with Gasteiger partial charge >= 0.3 is 0 Å². The molecule has 3 atom stereocenters. The topological polar surface area (TPSA) is 38.8 Å². The minimum atomic E-state index is 0.218. The van der Waals surface area contributed by atoms with Gasteiger partial charge in [0.15, 0.2) is 0 Å². The lowest BCUT2D eigenvalue weighted by Crippen LogP contribution is -2.32. The molecule has 0 aliphatic carbocycles. The van der Waals surface area contributed by atoms with E-state index in [4.69, 9.17) is 0 Å². The number of carbonyl (C=O) groups excluding carboxylic acids is 1. The molecule has 1 N–H and O–H groups in total. The minimum absolute atomic E-state index is 0.218. The number of unbranched alkanes of at least 4 members (excludes halogenated alkanes) is 36. The molecule has 0 aliphatic heterocycles. The van der Waals surface area contributed by atoms with Gasteiger partial charge in [0.25, 0.3) is 0 Å². The summed E-state index contributed by atoms with van der Waals surface area (Å²) in [5, 5.41) is 3.33. The van der Waals surface area contributed by atoms with E-state index < -0.39 is 0 Å². The number of hydrogen-bond donors (Lipinski definition) is 1. The van der Waals surface area contributed by atoms with Crippen LogP contribution in [0.15, 0.2) is 96.7 Å². The van der Waals surface area contributed by atoms with Crippen molar-refractivity contribution in [3.63, 3.8) is 0 Å². The fourth-order valence-electron chi connectivity index (χ4n) is 12.6. The van der Waals surface area contributed by atoms with Crippen LogP contribution in [0.2, 0.25) is 0 Å². The second kappa shape index (κ2) is 73.1. The highest BCUT2D eigenvalue weighted by Gasteiger charge is 2.14. The smallest absolute Gasteiger partial charge is 0.221 e. The fourth-order valence-corrected chi connectivity index (χ4v) is 12.6. The predicted octanol–water partition coefficient (Wildman–Crippen LogP) is 26.2. The van der Waals surface area contributed by atoms with Crippen LogP contribution in [0.4, 0.5) is 0 Å². The Balaban J connectivity index is 5.17. The molecule has 0 aliphatic rings. The Hall–Kier alpha value is -2.73. The molecule has 0 spiro atoms. The van der Waals surface area contributed by atoms with Crippen molar-refractivity contribution in [3.8, 4) is 0 Å². The molecule has 0 saturated heterocycles. The third-order valence-corrected chi connectivity index (χ3v) is 18.8. The SMILES string of the molecule is CCCCCC=CCC=CCCCCCCCCC(CCCCCCCCC=C(CC=CCCCCC)C(C=CCCCCC)C=CCCCCCCCCC(CCCCCCCCC=CCC=CCCCCC)CN(C)CCN(C)C)CNC(=O)CCN(C)C. The van der Waals surface area contributed by atoms with Crippen molar-refractivity contribution in [1.29, 1.82) is 0 Å². The Kier molecular flexibility index (Phi) is 70.9. The van der Waals surface area contributed by atoms with Crippen LogP contribution >= 0.6 is 0 Å². The highest BCUT2D eigenvalue weighted by Crippen LogP contribution is 2.25. The molecular formula is C86H160N4O. The zero-order valence-corrected chi connectivity index (χ0v) is 62.9. The summed E-state index contributed by atoms with van der Waals surface area (Å²) in [5.41, 5.74) is 1.61. The third-order valence-electron chi connectivity index (χ3n) is 18.8. The van der Waals surface area contributed by atoms with Crippen LogP contribution in [0.3, 0.4) is 0 Å². The van der Waals surface area contributed by atoms with Crippen molar-refractivity contribution in [1.82, 2.24) is 20.0 Å². The van der Waals surface area contributed by atoms with Crippen molar-refractivity contribution in [2.24, 2.45) is 17.8 Å². The van der Waals surface area contributed by atoms with Crippen LogP contribution in [0, 0.1) is 17.8 Å². The van der Waals surface area contributed by atoms with Crippen molar-refractivity contribution in [3.05, 3.63) is 96.7 Å². The van der Waals surface area contributed by atoms with Crippen LogP contribution in [0.25, 0.3) is 0 Å².